The number of anilines is 1. The van der Waals surface area contributed by atoms with Gasteiger partial charge in [0.25, 0.3) is 5.91 Å². The lowest BCUT2D eigenvalue weighted by Gasteiger charge is -2.36. The van der Waals surface area contributed by atoms with Crippen LogP contribution in [0.25, 0.3) is 0 Å². The van der Waals surface area contributed by atoms with Gasteiger partial charge in [-0.2, -0.15) is 8.78 Å². The van der Waals surface area contributed by atoms with Crippen LogP contribution < -0.4 is 9.64 Å². The molecule has 0 saturated carbocycles. The van der Waals surface area contributed by atoms with Gasteiger partial charge < -0.3 is 14.5 Å². The fourth-order valence-electron chi connectivity index (χ4n) is 3.14. The summed E-state index contributed by atoms with van der Waals surface area (Å²) in [5.41, 5.74) is -2.60. The molecular weight excluding hydrogens is 464 g/mol. The molecule has 3 rings (SSSR count). The van der Waals surface area contributed by atoms with Gasteiger partial charge in [-0.1, -0.05) is 11.6 Å². The second kappa shape index (κ2) is 8.40. The summed E-state index contributed by atoms with van der Waals surface area (Å²) in [4.78, 5) is 14.0. The van der Waals surface area contributed by atoms with E-state index in [2.05, 4.69) is 4.74 Å². The summed E-state index contributed by atoms with van der Waals surface area (Å²) in [5, 5.41) is -1.37. The minimum absolute atomic E-state index is 0.426. The van der Waals surface area contributed by atoms with E-state index < -0.39 is 101 Å². The lowest BCUT2D eigenvalue weighted by molar-refractivity contribution is 0.0733. The zero-order valence-corrected chi connectivity index (χ0v) is 16.2. The Balaban J connectivity index is 1.87. The van der Waals surface area contributed by atoms with Crippen LogP contribution in [0.5, 0.6) is 5.75 Å². The van der Waals surface area contributed by atoms with Gasteiger partial charge in [-0.25, -0.2) is 26.3 Å². The average molecular weight is 475 g/mol. The molecule has 2 aromatic carbocycles. The number of carbonyl (C=O) groups is 1. The van der Waals surface area contributed by atoms with Crippen LogP contribution in [0.4, 0.5) is 40.8 Å². The molecule has 1 aliphatic rings. The van der Waals surface area contributed by atoms with Gasteiger partial charge in [-0.15, -0.1) is 0 Å². The second-order valence-electron chi connectivity index (χ2n) is 6.36. The van der Waals surface area contributed by atoms with E-state index in [0.29, 0.717) is 0 Å². The van der Waals surface area contributed by atoms with Crippen molar-refractivity contribution in [2.24, 2.45) is 0 Å². The van der Waals surface area contributed by atoms with Gasteiger partial charge in [0, 0.05) is 26.2 Å². The van der Waals surface area contributed by atoms with Gasteiger partial charge in [-0.3, -0.25) is 4.79 Å². The van der Waals surface area contributed by atoms with Crippen molar-refractivity contribution in [1.82, 2.24) is 4.90 Å². The highest BCUT2D eigenvalue weighted by Crippen LogP contribution is 2.34. The highest BCUT2D eigenvalue weighted by molar-refractivity contribution is 6.31. The summed E-state index contributed by atoms with van der Waals surface area (Å²) in [6.45, 7) is -1.75. The maximum absolute atomic E-state index is 14.2. The number of benzene rings is 2. The lowest BCUT2D eigenvalue weighted by atomic mass is 10.1. The van der Waals surface area contributed by atoms with Crippen LogP contribution in [0.2, 0.25) is 5.02 Å². The number of amides is 1. The Kier molecular flexibility index (Phi) is 6.21. The molecule has 1 fully saturated rings. The number of hydrogen-bond acceptors (Lipinski definition) is 3. The van der Waals surface area contributed by atoms with Gasteiger partial charge in [-0.05, 0) is 0 Å². The molecule has 0 atom stereocenters. The van der Waals surface area contributed by atoms with Gasteiger partial charge in [0.05, 0.1) is 7.11 Å². The fourth-order valence-corrected chi connectivity index (χ4v) is 3.31. The lowest BCUT2D eigenvalue weighted by Crippen LogP contribution is -2.49. The van der Waals surface area contributed by atoms with Crippen molar-refractivity contribution in [2.45, 2.75) is 0 Å². The van der Waals surface area contributed by atoms with Crippen molar-refractivity contribution < 1.29 is 44.7 Å². The number of carbonyl (C=O) groups excluding carboxylic acids is 1. The molecular formula is C18H11ClF8N2O2. The molecule has 0 unspecified atom stereocenters. The van der Waals surface area contributed by atoms with E-state index in [1.807, 2.05) is 0 Å². The van der Waals surface area contributed by atoms with E-state index in [-0.39, 0.29) is 0 Å². The molecule has 13 heteroatoms. The predicted molar refractivity (Wildman–Crippen MR) is 92.2 cm³/mol. The number of methoxy groups -OCH3 is 1. The first kappa shape index (κ1) is 22.9. The number of nitrogens with zero attached hydrogens (tertiary/aromatic N) is 2. The zero-order valence-electron chi connectivity index (χ0n) is 15.4. The van der Waals surface area contributed by atoms with Crippen molar-refractivity contribution in [1.29, 1.82) is 0 Å². The quantitative estimate of drug-likeness (QED) is 0.375. The van der Waals surface area contributed by atoms with Crippen molar-refractivity contribution in [3.05, 3.63) is 57.1 Å². The Morgan fingerprint density at radius 3 is 1.61 bits per heavy atom. The van der Waals surface area contributed by atoms with Gasteiger partial charge in [0.15, 0.2) is 40.7 Å². The first-order chi connectivity index (χ1) is 14.5. The van der Waals surface area contributed by atoms with Gasteiger partial charge in [0.1, 0.15) is 16.3 Å². The predicted octanol–water partition coefficient (Wildman–Crippen LogP) is 4.42. The number of rotatable bonds is 3. The summed E-state index contributed by atoms with van der Waals surface area (Å²) in [6, 6.07) is 0. The van der Waals surface area contributed by atoms with Crippen molar-refractivity contribution >= 4 is 23.2 Å². The van der Waals surface area contributed by atoms with E-state index >= 15 is 0 Å². The zero-order chi connectivity index (χ0) is 23.2. The Morgan fingerprint density at radius 2 is 1.19 bits per heavy atom. The molecule has 1 saturated heterocycles. The Hall–Kier alpha value is -2.76. The number of piperazine rings is 1. The monoisotopic (exact) mass is 474 g/mol. The fraction of sp³-hybridized carbons (Fsp3) is 0.278. The molecule has 0 aromatic heterocycles. The highest BCUT2D eigenvalue weighted by Gasteiger charge is 2.35. The molecule has 0 bridgehead atoms. The Bertz CT molecular complexity index is 1020. The Morgan fingerprint density at radius 1 is 0.742 bits per heavy atom. The third kappa shape index (κ3) is 3.62. The second-order valence-corrected chi connectivity index (χ2v) is 6.74. The van der Waals surface area contributed by atoms with Crippen LogP contribution in [0.3, 0.4) is 0 Å². The summed E-state index contributed by atoms with van der Waals surface area (Å²) in [6.07, 6.45) is 0. The van der Waals surface area contributed by atoms with E-state index in [1.54, 1.807) is 0 Å². The number of halogens is 9. The first-order valence-electron chi connectivity index (χ1n) is 8.48. The van der Waals surface area contributed by atoms with Crippen molar-refractivity contribution in [2.75, 3.05) is 38.2 Å². The highest BCUT2D eigenvalue weighted by atomic mass is 35.5. The molecule has 1 heterocycles. The summed E-state index contributed by atoms with van der Waals surface area (Å²) in [5.74, 6) is -17.8. The minimum Gasteiger partial charge on any atom is -0.491 e. The molecule has 31 heavy (non-hydrogen) atoms. The molecule has 168 valence electrons. The van der Waals surface area contributed by atoms with E-state index in [4.69, 9.17) is 11.6 Å². The Labute approximate surface area is 174 Å². The largest absolute Gasteiger partial charge is 0.491 e. The minimum atomic E-state index is -1.98. The van der Waals surface area contributed by atoms with Crippen LogP contribution in [-0.2, 0) is 0 Å². The summed E-state index contributed by atoms with van der Waals surface area (Å²) >= 11 is 5.17. The van der Waals surface area contributed by atoms with Crippen molar-refractivity contribution in [3.63, 3.8) is 0 Å². The van der Waals surface area contributed by atoms with Crippen LogP contribution >= 0.6 is 11.6 Å². The van der Waals surface area contributed by atoms with Crippen LogP contribution in [-0.4, -0.2) is 44.1 Å². The molecule has 0 spiro atoms. The molecule has 0 aliphatic carbocycles. The molecule has 0 radical (unpaired) electrons. The van der Waals surface area contributed by atoms with Crippen LogP contribution in [0, 0.1) is 46.5 Å². The first-order valence-corrected chi connectivity index (χ1v) is 8.86. The standard InChI is InChI=1S/C18H11ClF8N2O2/c1-31-17-14(26)8(20)6(9(21)15(17)27)18(30)29-4-2-28(3-5-29)16-12(24)10(22)7(19)11(23)13(16)25/h2-5H2,1H3. The van der Waals surface area contributed by atoms with E-state index in [0.717, 1.165) is 16.9 Å². The molecule has 1 aliphatic heterocycles. The van der Waals surface area contributed by atoms with Crippen molar-refractivity contribution in [3.8, 4) is 5.75 Å². The third-order valence-electron chi connectivity index (χ3n) is 4.71. The SMILES string of the molecule is COc1c(F)c(F)c(C(=O)N2CCN(c3c(F)c(F)c(Cl)c(F)c3F)CC2)c(F)c1F. The normalized spacial score (nSPS) is 14.3. The average Bonchev–Trinajstić information content (AvgIpc) is 2.76. The topological polar surface area (TPSA) is 32.8 Å². The molecule has 1 amide bonds. The number of hydrogen-bond donors (Lipinski definition) is 0. The van der Waals surface area contributed by atoms with Gasteiger partial charge >= 0.3 is 0 Å². The van der Waals surface area contributed by atoms with Gasteiger partial charge in [0.2, 0.25) is 11.6 Å². The summed E-state index contributed by atoms with van der Waals surface area (Å²) < 4.78 is 116. The van der Waals surface area contributed by atoms with Crippen LogP contribution in [0.1, 0.15) is 10.4 Å². The molecule has 0 N–H and O–H groups in total. The van der Waals surface area contributed by atoms with Crippen LogP contribution in [0.15, 0.2) is 0 Å². The van der Waals surface area contributed by atoms with E-state index in [9.17, 15) is 39.9 Å². The molecule has 4 nitrogen and oxygen atoms in total. The summed E-state index contributed by atoms with van der Waals surface area (Å²) in [7, 11) is 0.766. The maximum Gasteiger partial charge on any atom is 0.260 e. The van der Waals surface area contributed by atoms with E-state index in [1.165, 1.54) is 0 Å². The third-order valence-corrected chi connectivity index (χ3v) is 5.04. The smallest absolute Gasteiger partial charge is 0.260 e. The molecule has 2 aromatic rings. The maximum atomic E-state index is 14.2. The number of ether oxygens (including phenoxy) is 1.